The van der Waals surface area contributed by atoms with Crippen molar-refractivity contribution in [3.8, 4) is 6.07 Å². The molecule has 0 saturated carbocycles. The highest BCUT2D eigenvalue weighted by atomic mass is 33.1. The van der Waals surface area contributed by atoms with Crippen LogP contribution in [-0.2, 0) is 9.59 Å². The number of hydrogen-bond acceptors (Lipinski definition) is 5. The number of nitrogens with zero attached hydrogens (tertiary/aromatic N) is 3. The monoisotopic (exact) mass is 359 g/mol. The molecule has 5 nitrogen and oxygen atoms in total. The molecule has 1 aromatic carbocycles. The van der Waals surface area contributed by atoms with Gasteiger partial charge in [-0.3, -0.25) is 9.59 Å². The molecule has 4 aliphatic rings. The molecule has 0 unspecified atom stereocenters. The van der Waals surface area contributed by atoms with Crippen LogP contribution >= 0.6 is 21.6 Å². The molecule has 1 aromatic rings. The number of amides is 2. The summed E-state index contributed by atoms with van der Waals surface area (Å²) in [5.41, 5.74) is 0.0976. The zero-order chi connectivity index (χ0) is 17.3. The molecule has 4 aliphatic heterocycles. The topological polar surface area (TPSA) is 64.4 Å². The number of fused-ring (bicyclic) bond motifs is 2. The summed E-state index contributed by atoms with van der Waals surface area (Å²) in [5.74, 6) is -0.158. The Bertz CT molecular complexity index is 795. The lowest BCUT2D eigenvalue weighted by Crippen LogP contribution is -2.73. The fourth-order valence-corrected chi connectivity index (χ4v) is 7.64. The maximum absolute atomic E-state index is 13.3. The molecule has 4 atom stereocenters. The molecule has 5 rings (SSSR count). The van der Waals surface area contributed by atoms with E-state index in [0.717, 1.165) is 5.56 Å². The van der Waals surface area contributed by atoms with E-state index in [0.29, 0.717) is 6.42 Å². The molecule has 24 heavy (non-hydrogen) atoms. The molecule has 4 saturated heterocycles. The maximum Gasteiger partial charge on any atom is 0.261 e. The fourth-order valence-electron chi connectivity index (χ4n) is 4.06. The number of carbonyl (C=O) groups excluding carboxylic acids is 2. The highest BCUT2D eigenvalue weighted by molar-refractivity contribution is 8.78. The first-order chi connectivity index (χ1) is 11.3. The first-order valence-corrected chi connectivity index (χ1v) is 9.90. The zero-order valence-corrected chi connectivity index (χ0v) is 15.3. The van der Waals surface area contributed by atoms with Crippen LogP contribution in [0.2, 0.25) is 0 Å². The van der Waals surface area contributed by atoms with Gasteiger partial charge in [-0.05, 0) is 19.4 Å². The SMILES string of the molecule is CN1C(=O)[C@@]23C[C@](C)(C#N)[C@H](c4ccccc4)N2C(=O)[C@]1(C)SS3. The van der Waals surface area contributed by atoms with Crippen molar-refractivity contribution >= 4 is 33.4 Å². The van der Waals surface area contributed by atoms with Crippen molar-refractivity contribution in [1.29, 1.82) is 5.26 Å². The predicted octanol–water partition coefficient (Wildman–Crippen LogP) is 2.77. The molecule has 0 radical (unpaired) electrons. The van der Waals surface area contributed by atoms with Crippen molar-refractivity contribution in [2.75, 3.05) is 7.05 Å². The van der Waals surface area contributed by atoms with Crippen LogP contribution in [0.5, 0.6) is 0 Å². The Morgan fingerprint density at radius 2 is 1.83 bits per heavy atom. The van der Waals surface area contributed by atoms with Gasteiger partial charge in [-0.2, -0.15) is 5.26 Å². The molecular weight excluding hydrogens is 342 g/mol. The van der Waals surface area contributed by atoms with Crippen molar-refractivity contribution in [2.45, 2.75) is 36.1 Å². The Morgan fingerprint density at radius 3 is 2.46 bits per heavy atom. The summed E-state index contributed by atoms with van der Waals surface area (Å²) in [7, 11) is 4.56. The van der Waals surface area contributed by atoms with Gasteiger partial charge in [0.15, 0.2) is 9.74 Å². The van der Waals surface area contributed by atoms with Crippen molar-refractivity contribution in [2.24, 2.45) is 5.41 Å². The number of carbonyl (C=O) groups is 2. The minimum absolute atomic E-state index is 0.0757. The Hall–Kier alpha value is -1.65. The number of rotatable bonds is 1. The minimum atomic E-state index is -0.987. The van der Waals surface area contributed by atoms with Gasteiger partial charge in [0.05, 0.1) is 17.5 Å². The Morgan fingerprint density at radius 1 is 1.17 bits per heavy atom. The number of nitriles is 1. The van der Waals surface area contributed by atoms with E-state index in [-0.39, 0.29) is 11.8 Å². The first-order valence-electron chi connectivity index (χ1n) is 7.75. The fraction of sp³-hybridized carbons (Fsp3) is 0.471. The Labute approximate surface area is 148 Å². The molecule has 2 bridgehead atoms. The van der Waals surface area contributed by atoms with Gasteiger partial charge in [-0.25, -0.2) is 0 Å². The van der Waals surface area contributed by atoms with E-state index < -0.39 is 21.2 Å². The second-order valence-corrected chi connectivity index (χ2v) is 9.80. The van der Waals surface area contributed by atoms with E-state index >= 15 is 0 Å². The van der Waals surface area contributed by atoms with Gasteiger partial charge in [0, 0.05) is 13.5 Å². The normalized spacial score (nSPS) is 40.7. The Kier molecular flexibility index (Phi) is 3.11. The molecule has 0 N–H and O–H groups in total. The van der Waals surface area contributed by atoms with Crippen LogP contribution in [0.25, 0.3) is 0 Å². The van der Waals surface area contributed by atoms with E-state index in [1.165, 1.54) is 21.6 Å². The lowest BCUT2D eigenvalue weighted by Gasteiger charge is -2.57. The van der Waals surface area contributed by atoms with Gasteiger partial charge >= 0.3 is 0 Å². The zero-order valence-electron chi connectivity index (χ0n) is 13.6. The van der Waals surface area contributed by atoms with E-state index in [1.807, 2.05) is 37.3 Å². The van der Waals surface area contributed by atoms with E-state index in [9.17, 15) is 14.9 Å². The molecule has 1 spiro atoms. The molecular formula is C17H17N3O2S2. The predicted molar refractivity (Wildman–Crippen MR) is 93.5 cm³/mol. The average molecular weight is 359 g/mol. The van der Waals surface area contributed by atoms with Crippen molar-refractivity contribution in [3.05, 3.63) is 35.9 Å². The second-order valence-electron chi connectivity index (χ2n) is 6.99. The van der Waals surface area contributed by atoms with Crippen LogP contribution in [0.15, 0.2) is 30.3 Å². The third-order valence-corrected chi connectivity index (χ3v) is 9.16. The average Bonchev–Trinajstić information content (AvgIpc) is 2.87. The number of piperazine rings is 1. The molecule has 4 heterocycles. The summed E-state index contributed by atoms with van der Waals surface area (Å²) >= 11 is 0. The molecule has 0 aromatic heterocycles. The van der Waals surface area contributed by atoms with E-state index in [4.69, 9.17) is 0 Å². The Balaban J connectivity index is 1.95. The van der Waals surface area contributed by atoms with Gasteiger partial charge in [0.2, 0.25) is 0 Å². The summed E-state index contributed by atoms with van der Waals surface area (Å²) in [6, 6.07) is 11.6. The molecule has 0 aliphatic carbocycles. The van der Waals surface area contributed by atoms with Crippen LogP contribution in [0.3, 0.4) is 0 Å². The minimum Gasteiger partial charge on any atom is -0.319 e. The summed E-state index contributed by atoms with van der Waals surface area (Å²) in [6.45, 7) is 3.65. The lowest BCUT2D eigenvalue weighted by atomic mass is 9.79. The third kappa shape index (κ3) is 1.63. The molecule has 4 fully saturated rings. The van der Waals surface area contributed by atoms with Crippen molar-refractivity contribution < 1.29 is 9.59 Å². The smallest absolute Gasteiger partial charge is 0.261 e. The quantitative estimate of drug-likeness (QED) is 0.722. The maximum atomic E-state index is 13.3. The molecule has 2 amide bonds. The largest absolute Gasteiger partial charge is 0.319 e. The summed E-state index contributed by atoms with van der Waals surface area (Å²) in [6.07, 6.45) is 0.346. The van der Waals surface area contributed by atoms with E-state index in [2.05, 4.69) is 6.07 Å². The van der Waals surface area contributed by atoms with Crippen molar-refractivity contribution in [3.63, 3.8) is 0 Å². The summed E-state index contributed by atoms with van der Waals surface area (Å²) in [4.78, 5) is 27.8. The van der Waals surface area contributed by atoms with Crippen LogP contribution in [-0.4, -0.2) is 38.4 Å². The number of benzene rings is 1. The second kappa shape index (κ2) is 4.70. The van der Waals surface area contributed by atoms with Gasteiger partial charge < -0.3 is 9.80 Å². The number of likely N-dealkylation sites (N-methyl/N-ethyl adjacent to an activating group) is 1. The highest BCUT2D eigenvalue weighted by Crippen LogP contribution is 2.69. The third-order valence-electron chi connectivity index (χ3n) is 5.46. The summed E-state index contributed by atoms with van der Waals surface area (Å²) in [5, 5.41) is 9.90. The summed E-state index contributed by atoms with van der Waals surface area (Å²) < 4.78 is 0. The van der Waals surface area contributed by atoms with Crippen molar-refractivity contribution in [1.82, 2.24) is 9.80 Å². The van der Waals surface area contributed by atoms with Crippen LogP contribution in [0.4, 0.5) is 0 Å². The van der Waals surface area contributed by atoms with Gasteiger partial charge in [0.1, 0.15) is 0 Å². The van der Waals surface area contributed by atoms with Crippen LogP contribution in [0.1, 0.15) is 31.9 Å². The van der Waals surface area contributed by atoms with Crippen LogP contribution in [0, 0.1) is 16.7 Å². The highest BCUT2D eigenvalue weighted by Gasteiger charge is 2.74. The van der Waals surface area contributed by atoms with E-state index in [1.54, 1.807) is 23.8 Å². The first kappa shape index (κ1) is 15.9. The standard InChI is InChI=1S/C17H17N3O2S2/c1-15(10-18)9-17-14(22)19(3)16(2,23-24-17)13(21)20(17)12(15)11-7-5-4-6-8-11/h4-8,12H,9H2,1-3H3/t12-,15+,16-,17-/m0/s1. The van der Waals surface area contributed by atoms with Crippen LogP contribution < -0.4 is 0 Å². The lowest BCUT2D eigenvalue weighted by molar-refractivity contribution is -0.164. The molecule has 7 heteroatoms. The van der Waals surface area contributed by atoms with Gasteiger partial charge in [-0.1, -0.05) is 51.9 Å². The van der Waals surface area contributed by atoms with Gasteiger partial charge in [-0.15, -0.1) is 0 Å². The molecule has 124 valence electrons. The van der Waals surface area contributed by atoms with Gasteiger partial charge in [0.25, 0.3) is 11.8 Å². The number of hydrogen-bond donors (Lipinski definition) is 0.